The van der Waals surface area contributed by atoms with Crippen LogP contribution in [0, 0.1) is 0 Å². The monoisotopic (exact) mass is 333 g/mol. The molecule has 1 aromatic heterocycles. The van der Waals surface area contributed by atoms with Gasteiger partial charge in [0.2, 0.25) is 5.91 Å². The van der Waals surface area contributed by atoms with Gasteiger partial charge in [-0.2, -0.15) is 0 Å². The summed E-state index contributed by atoms with van der Waals surface area (Å²) in [5.41, 5.74) is 6.59. The number of nitrogen functional groups attached to an aromatic ring is 1. The molecule has 0 saturated heterocycles. The number of aromatic nitrogens is 1. The van der Waals surface area contributed by atoms with Crippen molar-refractivity contribution in [2.45, 2.75) is 19.3 Å². The number of nitrogens with two attached hydrogens (primary N) is 1. The largest absolute Gasteiger partial charge is 0.399 e. The number of benzene rings is 1. The zero-order valence-corrected chi connectivity index (χ0v) is 12.9. The molecular formula is C15H16BrN3O. The molecule has 0 aliphatic heterocycles. The SMILES string of the molecule is CC(C)(C(=O)Nc1ccc(Br)cn1)c1ccc(N)cc1. The lowest BCUT2D eigenvalue weighted by molar-refractivity contribution is -0.120. The van der Waals surface area contributed by atoms with Crippen molar-refractivity contribution in [3.63, 3.8) is 0 Å². The fourth-order valence-electron chi connectivity index (χ4n) is 1.75. The van der Waals surface area contributed by atoms with Gasteiger partial charge < -0.3 is 11.1 Å². The van der Waals surface area contributed by atoms with Gasteiger partial charge in [-0.3, -0.25) is 4.79 Å². The van der Waals surface area contributed by atoms with Crippen LogP contribution in [0.25, 0.3) is 0 Å². The van der Waals surface area contributed by atoms with Crippen molar-refractivity contribution in [1.29, 1.82) is 0 Å². The minimum absolute atomic E-state index is 0.114. The van der Waals surface area contributed by atoms with Crippen LogP contribution in [0.5, 0.6) is 0 Å². The van der Waals surface area contributed by atoms with Crippen LogP contribution in [-0.2, 0) is 10.2 Å². The highest BCUT2D eigenvalue weighted by Gasteiger charge is 2.29. The van der Waals surface area contributed by atoms with Crippen molar-refractivity contribution in [3.05, 3.63) is 52.6 Å². The summed E-state index contributed by atoms with van der Waals surface area (Å²) >= 11 is 3.31. The van der Waals surface area contributed by atoms with E-state index in [2.05, 4.69) is 26.2 Å². The Bertz CT molecular complexity index is 606. The van der Waals surface area contributed by atoms with Gasteiger partial charge in [0, 0.05) is 16.4 Å². The van der Waals surface area contributed by atoms with E-state index in [0.29, 0.717) is 11.5 Å². The molecule has 1 amide bonds. The van der Waals surface area contributed by atoms with Gasteiger partial charge in [-0.1, -0.05) is 12.1 Å². The van der Waals surface area contributed by atoms with Gasteiger partial charge >= 0.3 is 0 Å². The lowest BCUT2D eigenvalue weighted by atomic mass is 9.83. The van der Waals surface area contributed by atoms with E-state index in [1.807, 2.05) is 32.0 Å². The van der Waals surface area contributed by atoms with E-state index in [9.17, 15) is 4.79 Å². The second-order valence-electron chi connectivity index (χ2n) is 5.06. The van der Waals surface area contributed by atoms with Gasteiger partial charge in [-0.15, -0.1) is 0 Å². The Kier molecular flexibility index (Phi) is 4.09. The smallest absolute Gasteiger partial charge is 0.235 e. The Labute approximate surface area is 126 Å². The summed E-state index contributed by atoms with van der Waals surface area (Å²) in [7, 11) is 0. The van der Waals surface area contributed by atoms with E-state index >= 15 is 0 Å². The zero-order valence-electron chi connectivity index (χ0n) is 11.4. The Balaban J connectivity index is 2.18. The molecule has 0 spiro atoms. The van der Waals surface area contributed by atoms with Crippen LogP contribution in [0.1, 0.15) is 19.4 Å². The normalized spacial score (nSPS) is 11.2. The number of hydrogen-bond donors (Lipinski definition) is 2. The summed E-state index contributed by atoms with van der Waals surface area (Å²) in [4.78, 5) is 16.6. The molecule has 0 bridgehead atoms. The molecule has 5 heteroatoms. The van der Waals surface area contributed by atoms with E-state index < -0.39 is 5.41 Å². The summed E-state index contributed by atoms with van der Waals surface area (Å²) in [5.74, 6) is 0.416. The van der Waals surface area contributed by atoms with E-state index in [1.54, 1.807) is 24.4 Å². The molecule has 0 fully saturated rings. The van der Waals surface area contributed by atoms with E-state index in [4.69, 9.17) is 5.73 Å². The molecule has 0 aliphatic carbocycles. The Morgan fingerprint density at radius 1 is 1.20 bits per heavy atom. The van der Waals surface area contributed by atoms with Gasteiger partial charge in [-0.05, 0) is 59.6 Å². The zero-order chi connectivity index (χ0) is 14.8. The number of amides is 1. The number of carbonyl (C=O) groups is 1. The molecule has 20 heavy (non-hydrogen) atoms. The highest BCUT2D eigenvalue weighted by atomic mass is 79.9. The molecule has 0 radical (unpaired) electrons. The second kappa shape index (κ2) is 5.63. The van der Waals surface area contributed by atoms with Crippen LogP contribution in [0.4, 0.5) is 11.5 Å². The van der Waals surface area contributed by atoms with Gasteiger partial charge in [-0.25, -0.2) is 4.98 Å². The standard InChI is InChI=1S/C15H16BrN3O/c1-15(2,10-3-6-12(17)7-4-10)14(20)19-13-8-5-11(16)9-18-13/h3-9H,17H2,1-2H3,(H,18,19,20). The first kappa shape index (κ1) is 14.5. The summed E-state index contributed by atoms with van der Waals surface area (Å²) in [6.45, 7) is 3.74. The first-order valence-electron chi connectivity index (χ1n) is 6.18. The molecular weight excluding hydrogens is 318 g/mol. The molecule has 1 heterocycles. The molecule has 0 atom stereocenters. The number of halogens is 1. The second-order valence-corrected chi connectivity index (χ2v) is 5.98. The van der Waals surface area contributed by atoms with E-state index in [1.165, 1.54) is 0 Å². The van der Waals surface area contributed by atoms with Gasteiger partial charge in [0.1, 0.15) is 5.82 Å². The molecule has 0 saturated carbocycles. The summed E-state index contributed by atoms with van der Waals surface area (Å²) in [6, 6.07) is 10.9. The molecule has 2 rings (SSSR count). The molecule has 4 nitrogen and oxygen atoms in total. The molecule has 0 unspecified atom stereocenters. The number of pyridine rings is 1. The first-order chi connectivity index (χ1) is 9.39. The van der Waals surface area contributed by atoms with Crippen molar-refractivity contribution in [2.75, 3.05) is 11.1 Å². The molecule has 104 valence electrons. The van der Waals surface area contributed by atoms with Gasteiger partial charge in [0.25, 0.3) is 0 Å². The third-order valence-corrected chi connectivity index (χ3v) is 3.64. The van der Waals surface area contributed by atoms with E-state index in [-0.39, 0.29) is 5.91 Å². The lowest BCUT2D eigenvalue weighted by Gasteiger charge is -2.24. The Morgan fingerprint density at radius 2 is 1.85 bits per heavy atom. The van der Waals surface area contributed by atoms with Crippen molar-refractivity contribution >= 4 is 33.3 Å². The van der Waals surface area contributed by atoms with Crippen LogP contribution >= 0.6 is 15.9 Å². The van der Waals surface area contributed by atoms with Crippen LogP contribution in [0.3, 0.4) is 0 Å². The predicted octanol–water partition coefficient (Wildman–Crippen LogP) is 3.34. The maximum absolute atomic E-state index is 12.4. The lowest BCUT2D eigenvalue weighted by Crippen LogP contribution is -2.34. The fraction of sp³-hybridized carbons (Fsp3) is 0.200. The summed E-state index contributed by atoms with van der Waals surface area (Å²) in [6.07, 6.45) is 1.64. The highest BCUT2D eigenvalue weighted by Crippen LogP contribution is 2.25. The minimum Gasteiger partial charge on any atom is -0.399 e. The van der Waals surface area contributed by atoms with Gasteiger partial charge in [0.05, 0.1) is 5.41 Å². The van der Waals surface area contributed by atoms with Crippen molar-refractivity contribution in [2.24, 2.45) is 0 Å². The first-order valence-corrected chi connectivity index (χ1v) is 6.98. The predicted molar refractivity (Wildman–Crippen MR) is 84.4 cm³/mol. The highest BCUT2D eigenvalue weighted by molar-refractivity contribution is 9.10. The number of carbonyl (C=O) groups excluding carboxylic acids is 1. The van der Waals surface area contributed by atoms with Crippen LogP contribution in [0.2, 0.25) is 0 Å². The van der Waals surface area contributed by atoms with Crippen LogP contribution < -0.4 is 11.1 Å². The quantitative estimate of drug-likeness (QED) is 0.846. The average Bonchev–Trinajstić information content (AvgIpc) is 2.42. The maximum Gasteiger partial charge on any atom is 0.235 e. The third-order valence-electron chi connectivity index (χ3n) is 3.17. The summed E-state index contributed by atoms with van der Waals surface area (Å²) < 4.78 is 0.869. The molecule has 0 aliphatic rings. The maximum atomic E-state index is 12.4. The number of nitrogens with zero attached hydrogens (tertiary/aromatic N) is 1. The van der Waals surface area contributed by atoms with Gasteiger partial charge in [0.15, 0.2) is 0 Å². The summed E-state index contributed by atoms with van der Waals surface area (Å²) in [5, 5.41) is 2.82. The van der Waals surface area contributed by atoms with Crippen LogP contribution in [0.15, 0.2) is 47.1 Å². The molecule has 2 aromatic rings. The number of rotatable bonds is 3. The minimum atomic E-state index is -0.664. The Morgan fingerprint density at radius 3 is 2.40 bits per heavy atom. The average molecular weight is 334 g/mol. The molecule has 1 aromatic carbocycles. The number of hydrogen-bond acceptors (Lipinski definition) is 3. The molecule has 3 N–H and O–H groups in total. The topological polar surface area (TPSA) is 68.0 Å². The Hall–Kier alpha value is -1.88. The fourth-order valence-corrected chi connectivity index (χ4v) is 1.99. The van der Waals surface area contributed by atoms with Crippen LogP contribution in [-0.4, -0.2) is 10.9 Å². The van der Waals surface area contributed by atoms with Crippen molar-refractivity contribution < 1.29 is 4.79 Å². The van der Waals surface area contributed by atoms with Crippen molar-refractivity contribution in [1.82, 2.24) is 4.98 Å². The van der Waals surface area contributed by atoms with E-state index in [0.717, 1.165) is 10.0 Å². The third kappa shape index (κ3) is 3.17. The van der Waals surface area contributed by atoms with Crippen molar-refractivity contribution in [3.8, 4) is 0 Å². The number of nitrogens with one attached hydrogen (secondary N) is 1. The number of anilines is 2.